The van der Waals surface area contributed by atoms with E-state index in [1.807, 2.05) is 0 Å². The normalized spacial score (nSPS) is 15.8. The summed E-state index contributed by atoms with van der Waals surface area (Å²) in [5, 5.41) is 3.23. The van der Waals surface area contributed by atoms with Gasteiger partial charge in [-0.25, -0.2) is 13.2 Å². The van der Waals surface area contributed by atoms with Gasteiger partial charge in [-0.3, -0.25) is 14.4 Å². The third-order valence-electron chi connectivity index (χ3n) is 6.87. The van der Waals surface area contributed by atoms with Gasteiger partial charge in [0.25, 0.3) is 11.8 Å². The first-order chi connectivity index (χ1) is 18.9. The van der Waals surface area contributed by atoms with Gasteiger partial charge in [-0.15, -0.1) is 11.3 Å². The fourth-order valence-electron chi connectivity index (χ4n) is 4.64. The second-order valence-corrected chi connectivity index (χ2v) is 12.7. The summed E-state index contributed by atoms with van der Waals surface area (Å²) in [6.07, 6.45) is 0.0460. The molecule has 14 heteroatoms. The fourth-order valence-corrected chi connectivity index (χ4v) is 7.31. The zero-order valence-electron chi connectivity index (χ0n) is 22.9. The Morgan fingerprint density at radius 3 is 2.23 bits per heavy atom. The highest BCUT2D eigenvalue weighted by Crippen LogP contribution is 2.38. The van der Waals surface area contributed by atoms with Crippen molar-refractivity contribution < 1.29 is 32.3 Å². The number of rotatable bonds is 6. The first-order valence-electron chi connectivity index (χ1n) is 12.9. The Bertz CT molecular complexity index is 1410. The van der Waals surface area contributed by atoms with Crippen LogP contribution in [0, 0.1) is 0 Å². The van der Waals surface area contributed by atoms with Crippen LogP contribution in [0.1, 0.15) is 45.0 Å². The van der Waals surface area contributed by atoms with Gasteiger partial charge in [0.15, 0.2) is 0 Å². The maximum absolute atomic E-state index is 13.2. The molecular weight excluding hydrogens is 558 g/mol. The third kappa shape index (κ3) is 5.98. The van der Waals surface area contributed by atoms with Crippen LogP contribution in [0.3, 0.4) is 0 Å². The number of anilines is 1. The highest BCUT2D eigenvalue weighted by molar-refractivity contribution is 7.89. The van der Waals surface area contributed by atoms with Crippen molar-refractivity contribution in [2.24, 2.45) is 0 Å². The molecule has 1 aromatic heterocycles. The fraction of sp³-hybridized carbons (Fsp3) is 0.462. The maximum Gasteiger partial charge on any atom is 0.409 e. The van der Waals surface area contributed by atoms with Gasteiger partial charge in [0, 0.05) is 64.2 Å². The van der Waals surface area contributed by atoms with Crippen LogP contribution in [0.25, 0.3) is 0 Å². The van der Waals surface area contributed by atoms with Crippen molar-refractivity contribution in [2.75, 3.05) is 58.7 Å². The predicted octanol–water partition coefficient (Wildman–Crippen LogP) is 2.07. The molecule has 0 atom stereocenters. The predicted molar refractivity (Wildman–Crippen MR) is 149 cm³/mol. The zero-order valence-corrected chi connectivity index (χ0v) is 24.6. The lowest BCUT2D eigenvalue weighted by atomic mass is 10.0. The average molecular weight is 592 g/mol. The third-order valence-corrected chi connectivity index (χ3v) is 9.91. The summed E-state index contributed by atoms with van der Waals surface area (Å²) in [7, 11) is -0.549. The summed E-state index contributed by atoms with van der Waals surface area (Å²) >= 11 is 1.27. The highest BCUT2D eigenvalue weighted by Gasteiger charge is 2.32. The molecule has 0 aliphatic carbocycles. The molecule has 3 heterocycles. The summed E-state index contributed by atoms with van der Waals surface area (Å²) in [5.74, 6) is -0.781. The summed E-state index contributed by atoms with van der Waals surface area (Å²) in [6, 6.07) is 5.60. The molecule has 12 nitrogen and oxygen atoms in total. The molecule has 40 heavy (non-hydrogen) atoms. The van der Waals surface area contributed by atoms with E-state index in [-0.39, 0.29) is 55.1 Å². The molecule has 4 rings (SSSR count). The van der Waals surface area contributed by atoms with Crippen LogP contribution in [0.5, 0.6) is 0 Å². The van der Waals surface area contributed by atoms with Gasteiger partial charge < -0.3 is 24.8 Å². The minimum absolute atomic E-state index is 0.0352. The van der Waals surface area contributed by atoms with Crippen LogP contribution < -0.4 is 5.32 Å². The summed E-state index contributed by atoms with van der Waals surface area (Å²) in [5.41, 5.74) is 1.48. The first kappa shape index (κ1) is 29.5. The van der Waals surface area contributed by atoms with Crippen LogP contribution in [0.15, 0.2) is 29.2 Å². The summed E-state index contributed by atoms with van der Waals surface area (Å²) in [6.45, 7) is 5.04. The van der Waals surface area contributed by atoms with Crippen LogP contribution in [0.2, 0.25) is 0 Å². The molecule has 0 spiro atoms. The number of piperazine rings is 1. The van der Waals surface area contributed by atoms with Crippen LogP contribution >= 0.6 is 11.3 Å². The Kier molecular flexibility index (Phi) is 8.80. The van der Waals surface area contributed by atoms with E-state index < -0.39 is 22.0 Å². The topological polar surface area (TPSA) is 137 Å². The second kappa shape index (κ2) is 11.9. The minimum atomic E-state index is -3.82. The first-order valence-corrected chi connectivity index (χ1v) is 15.1. The molecule has 0 saturated carbocycles. The van der Waals surface area contributed by atoms with E-state index in [0.29, 0.717) is 30.1 Å². The largest absolute Gasteiger partial charge is 0.450 e. The number of fused-ring (bicyclic) bond motifs is 1. The monoisotopic (exact) mass is 591 g/mol. The van der Waals surface area contributed by atoms with Crippen molar-refractivity contribution in [3.05, 3.63) is 45.8 Å². The van der Waals surface area contributed by atoms with Crippen LogP contribution in [-0.2, 0) is 32.5 Å². The lowest BCUT2D eigenvalue weighted by molar-refractivity contribution is -0.129. The average Bonchev–Trinajstić information content (AvgIpc) is 3.29. The molecule has 1 fully saturated rings. The molecule has 1 aromatic carbocycles. The van der Waals surface area contributed by atoms with Gasteiger partial charge in [-0.05, 0) is 43.2 Å². The standard InChI is InChI=1S/C26H33N5O7S2/c1-5-38-26(35)29-12-14-31(15-13-29)40(36,37)19-8-6-18(7-9-19)23(33)27-24-22(25(34)28(3)4)20-10-11-30(17(2)32)16-21(20)39-24/h6-9H,5,10-16H2,1-4H3,(H,27,33). The van der Waals surface area contributed by atoms with E-state index in [0.717, 1.165) is 10.4 Å². The van der Waals surface area contributed by atoms with Crippen molar-refractivity contribution >= 4 is 50.2 Å². The number of benzene rings is 1. The van der Waals surface area contributed by atoms with Crippen molar-refractivity contribution in [2.45, 2.75) is 31.7 Å². The van der Waals surface area contributed by atoms with Gasteiger partial charge >= 0.3 is 6.09 Å². The van der Waals surface area contributed by atoms with Crippen LogP contribution in [0.4, 0.5) is 9.80 Å². The number of sulfonamides is 1. The maximum atomic E-state index is 13.2. The Morgan fingerprint density at radius 2 is 1.65 bits per heavy atom. The lowest BCUT2D eigenvalue weighted by Gasteiger charge is -2.33. The quantitative estimate of drug-likeness (QED) is 0.543. The molecular formula is C26H33N5O7S2. The lowest BCUT2D eigenvalue weighted by Crippen LogP contribution is -2.50. The molecule has 0 unspecified atom stereocenters. The minimum Gasteiger partial charge on any atom is -0.450 e. The van der Waals surface area contributed by atoms with Gasteiger partial charge in [-0.1, -0.05) is 0 Å². The van der Waals surface area contributed by atoms with Crippen molar-refractivity contribution in [3.8, 4) is 0 Å². The Labute approximate surface area is 237 Å². The molecule has 1 saturated heterocycles. The van der Waals surface area contributed by atoms with E-state index in [4.69, 9.17) is 4.74 Å². The SMILES string of the molecule is CCOC(=O)N1CCN(S(=O)(=O)c2ccc(C(=O)Nc3sc4c(c3C(=O)N(C)C)CCN(C(C)=O)C4)cc2)CC1. The number of thiophene rings is 1. The zero-order chi connectivity index (χ0) is 29.2. The molecule has 4 amide bonds. The van der Waals surface area contributed by atoms with E-state index in [1.165, 1.54) is 56.6 Å². The number of carbonyl (C=O) groups is 4. The highest BCUT2D eigenvalue weighted by atomic mass is 32.2. The smallest absolute Gasteiger partial charge is 0.409 e. The Morgan fingerprint density at radius 1 is 1.00 bits per heavy atom. The molecule has 2 aliphatic rings. The van der Waals surface area contributed by atoms with Crippen molar-refractivity contribution in [1.82, 2.24) is 19.0 Å². The van der Waals surface area contributed by atoms with Crippen molar-refractivity contribution in [1.29, 1.82) is 0 Å². The summed E-state index contributed by atoms with van der Waals surface area (Å²) in [4.78, 5) is 55.5. The van der Waals surface area contributed by atoms with Gasteiger partial charge in [0.2, 0.25) is 15.9 Å². The van der Waals surface area contributed by atoms with E-state index in [9.17, 15) is 27.6 Å². The van der Waals surface area contributed by atoms with E-state index >= 15 is 0 Å². The number of ether oxygens (including phenoxy) is 1. The number of nitrogens with zero attached hydrogens (tertiary/aromatic N) is 4. The number of hydrogen-bond acceptors (Lipinski definition) is 8. The number of amides is 4. The molecule has 2 aliphatic heterocycles. The molecule has 0 radical (unpaired) electrons. The second-order valence-electron chi connectivity index (χ2n) is 9.67. The van der Waals surface area contributed by atoms with E-state index in [1.54, 1.807) is 25.9 Å². The summed E-state index contributed by atoms with van der Waals surface area (Å²) < 4.78 is 32.6. The van der Waals surface area contributed by atoms with Gasteiger partial charge in [0.1, 0.15) is 5.00 Å². The molecule has 1 N–H and O–H groups in total. The Balaban J connectivity index is 1.49. The van der Waals surface area contributed by atoms with Gasteiger partial charge in [-0.2, -0.15) is 4.31 Å². The van der Waals surface area contributed by atoms with Crippen molar-refractivity contribution in [3.63, 3.8) is 0 Å². The molecule has 2 aromatic rings. The van der Waals surface area contributed by atoms with E-state index in [2.05, 4.69) is 5.32 Å². The Hall–Kier alpha value is -3.49. The number of hydrogen-bond donors (Lipinski definition) is 1. The number of nitrogens with one attached hydrogen (secondary N) is 1. The molecule has 216 valence electrons. The molecule has 0 bridgehead atoms. The number of carbonyl (C=O) groups excluding carboxylic acids is 4. The van der Waals surface area contributed by atoms with Gasteiger partial charge in [0.05, 0.1) is 23.6 Å². The van der Waals surface area contributed by atoms with Crippen LogP contribution in [-0.4, -0.2) is 105 Å².